The monoisotopic (exact) mass is 362 g/mol. The van der Waals surface area contributed by atoms with Gasteiger partial charge in [0.2, 0.25) is 5.90 Å². The molecule has 1 atom stereocenters. The van der Waals surface area contributed by atoms with E-state index in [1.807, 2.05) is 30.3 Å². The summed E-state index contributed by atoms with van der Waals surface area (Å²) in [4.78, 5) is 26.9. The Morgan fingerprint density at radius 1 is 1.23 bits per heavy atom. The van der Waals surface area contributed by atoms with Crippen LogP contribution >= 0.6 is 0 Å². The van der Waals surface area contributed by atoms with Gasteiger partial charge in [-0.1, -0.05) is 24.8 Å². The Morgan fingerprint density at radius 3 is 2.73 bits per heavy atom. The van der Waals surface area contributed by atoms with Gasteiger partial charge in [-0.05, 0) is 19.1 Å². The number of esters is 1. The van der Waals surface area contributed by atoms with Crippen LogP contribution in [0, 0.1) is 0 Å². The van der Waals surface area contributed by atoms with Crippen molar-refractivity contribution in [1.82, 2.24) is 5.32 Å². The van der Waals surface area contributed by atoms with Gasteiger partial charge in [0, 0.05) is 11.1 Å². The van der Waals surface area contributed by atoms with Gasteiger partial charge >= 0.3 is 12.1 Å². The number of amides is 1. The van der Waals surface area contributed by atoms with Crippen LogP contribution in [0.25, 0.3) is 0 Å². The zero-order chi connectivity index (χ0) is 18.8. The second-order valence-corrected chi connectivity index (χ2v) is 5.42. The summed E-state index contributed by atoms with van der Waals surface area (Å²) in [6.45, 7) is 5.79. The van der Waals surface area contributed by atoms with E-state index in [1.165, 1.54) is 0 Å². The molecule has 0 saturated carbocycles. The van der Waals surface area contributed by atoms with Crippen molar-refractivity contribution in [3.05, 3.63) is 48.0 Å². The molecular formula is C18H22N2O6. The van der Waals surface area contributed by atoms with E-state index in [4.69, 9.17) is 18.9 Å². The number of aliphatic imine (C=N–C) groups is 1. The molecule has 0 aromatic heterocycles. The number of nitrogens with one attached hydrogen (secondary N) is 1. The number of hydrogen-bond donors (Lipinski definition) is 1. The van der Waals surface area contributed by atoms with Crippen molar-refractivity contribution < 1.29 is 28.5 Å². The quantitative estimate of drug-likeness (QED) is 0.408. The van der Waals surface area contributed by atoms with Crippen LogP contribution in [0.5, 0.6) is 0 Å². The largest absolute Gasteiger partial charge is 0.473 e. The Balaban J connectivity index is 1.55. The molecule has 1 aliphatic rings. The minimum Gasteiger partial charge on any atom is -0.473 e. The molecule has 0 saturated heterocycles. The molecule has 0 bridgehead atoms. The highest BCUT2D eigenvalue weighted by atomic mass is 16.6. The van der Waals surface area contributed by atoms with Crippen LogP contribution in [0.3, 0.4) is 0 Å². The van der Waals surface area contributed by atoms with Crippen LogP contribution in [0.2, 0.25) is 0 Å². The Kier molecular flexibility index (Phi) is 7.63. The zero-order valence-corrected chi connectivity index (χ0v) is 14.6. The molecule has 2 rings (SSSR count). The lowest BCUT2D eigenvalue weighted by Crippen LogP contribution is -2.30. The number of hydrogen-bond acceptors (Lipinski definition) is 7. The summed E-state index contributed by atoms with van der Waals surface area (Å²) < 4.78 is 20.8. The Morgan fingerprint density at radius 2 is 2.00 bits per heavy atom. The topological polar surface area (TPSA) is 95.5 Å². The van der Waals surface area contributed by atoms with Gasteiger partial charge in [-0.2, -0.15) is 0 Å². The highest BCUT2D eigenvalue weighted by Gasteiger charge is 2.20. The van der Waals surface area contributed by atoms with Crippen LogP contribution in [0.15, 0.2) is 47.5 Å². The minimum atomic E-state index is -0.615. The van der Waals surface area contributed by atoms with Crippen molar-refractivity contribution in [3.8, 4) is 0 Å². The van der Waals surface area contributed by atoms with Crippen LogP contribution in [-0.2, 0) is 23.7 Å². The molecule has 1 N–H and O–H groups in total. The van der Waals surface area contributed by atoms with E-state index in [9.17, 15) is 9.59 Å². The average molecular weight is 362 g/mol. The lowest BCUT2D eigenvalue weighted by Gasteiger charge is -2.09. The fourth-order valence-corrected chi connectivity index (χ4v) is 1.97. The van der Waals surface area contributed by atoms with Crippen molar-refractivity contribution >= 4 is 18.0 Å². The third-order valence-electron chi connectivity index (χ3n) is 3.22. The number of carbonyl (C=O) groups excluding carboxylic acids is 2. The van der Waals surface area contributed by atoms with E-state index in [0.717, 1.165) is 5.56 Å². The van der Waals surface area contributed by atoms with Crippen LogP contribution in [0.1, 0.15) is 12.5 Å². The molecule has 0 spiro atoms. The van der Waals surface area contributed by atoms with Gasteiger partial charge in [0.15, 0.2) is 6.23 Å². The van der Waals surface area contributed by atoms with E-state index in [2.05, 4.69) is 16.9 Å². The van der Waals surface area contributed by atoms with Crippen molar-refractivity contribution in [2.75, 3.05) is 33.0 Å². The normalized spacial score (nSPS) is 15.6. The molecule has 0 radical (unpaired) electrons. The fourth-order valence-electron chi connectivity index (χ4n) is 1.97. The Hall–Kier alpha value is -2.87. The number of nitrogens with zero attached hydrogens (tertiary/aromatic N) is 1. The number of ether oxygens (including phenoxy) is 4. The molecule has 0 aliphatic carbocycles. The van der Waals surface area contributed by atoms with Crippen molar-refractivity contribution in [1.29, 1.82) is 0 Å². The maximum absolute atomic E-state index is 11.5. The maximum Gasteiger partial charge on any atom is 0.407 e. The first kappa shape index (κ1) is 19.5. The summed E-state index contributed by atoms with van der Waals surface area (Å²) in [6.07, 6.45) is -1.03. The van der Waals surface area contributed by atoms with Crippen molar-refractivity contribution in [3.63, 3.8) is 0 Å². The average Bonchev–Trinajstić information content (AvgIpc) is 3.12. The molecular weight excluding hydrogens is 340 g/mol. The summed E-state index contributed by atoms with van der Waals surface area (Å²) in [5.74, 6) is 0.0429. The van der Waals surface area contributed by atoms with Gasteiger partial charge < -0.3 is 24.3 Å². The summed E-state index contributed by atoms with van der Waals surface area (Å²) in [7, 11) is 0. The standard InChI is InChI=1S/C18H22N2O6/c1-13(2)17(21)24-9-8-19-18(22)25-11-10-23-15-12-26-16(20-15)14-6-4-3-5-7-14/h3-7,15H,1,8-12H2,2H3,(H,19,22). The second-order valence-electron chi connectivity index (χ2n) is 5.42. The maximum atomic E-state index is 11.5. The molecule has 0 fully saturated rings. The van der Waals surface area contributed by atoms with Gasteiger partial charge in [0.1, 0.15) is 19.8 Å². The molecule has 1 heterocycles. The van der Waals surface area contributed by atoms with Gasteiger partial charge in [0.05, 0.1) is 13.2 Å². The van der Waals surface area contributed by atoms with E-state index < -0.39 is 18.3 Å². The zero-order valence-electron chi connectivity index (χ0n) is 14.6. The molecule has 1 aromatic rings. The first-order valence-corrected chi connectivity index (χ1v) is 8.17. The highest BCUT2D eigenvalue weighted by Crippen LogP contribution is 2.12. The van der Waals surface area contributed by atoms with E-state index in [-0.39, 0.29) is 26.4 Å². The van der Waals surface area contributed by atoms with Crippen molar-refractivity contribution in [2.45, 2.75) is 13.2 Å². The minimum absolute atomic E-state index is 0.0493. The molecule has 1 amide bonds. The van der Waals surface area contributed by atoms with E-state index in [1.54, 1.807) is 6.92 Å². The van der Waals surface area contributed by atoms with E-state index >= 15 is 0 Å². The second kappa shape index (κ2) is 10.2. The first-order valence-electron chi connectivity index (χ1n) is 8.17. The molecule has 140 valence electrons. The fraction of sp³-hybridized carbons (Fsp3) is 0.389. The predicted octanol–water partition coefficient (Wildman–Crippen LogP) is 1.65. The lowest BCUT2D eigenvalue weighted by molar-refractivity contribution is -0.138. The molecule has 1 aromatic carbocycles. The Labute approximate surface area is 151 Å². The van der Waals surface area contributed by atoms with Gasteiger partial charge in [-0.3, -0.25) is 0 Å². The molecule has 26 heavy (non-hydrogen) atoms. The lowest BCUT2D eigenvalue weighted by atomic mass is 10.2. The highest BCUT2D eigenvalue weighted by molar-refractivity contribution is 5.94. The SMILES string of the molecule is C=C(C)C(=O)OCCNC(=O)OCCOC1COC(c2ccccc2)=N1. The molecule has 1 unspecified atom stereocenters. The molecule has 8 nitrogen and oxygen atoms in total. The third kappa shape index (κ3) is 6.56. The molecule has 1 aliphatic heterocycles. The smallest absolute Gasteiger partial charge is 0.407 e. The Bertz CT molecular complexity index is 659. The molecule has 8 heteroatoms. The number of carbonyl (C=O) groups is 2. The van der Waals surface area contributed by atoms with Gasteiger partial charge in [-0.25, -0.2) is 14.6 Å². The van der Waals surface area contributed by atoms with Crippen LogP contribution in [0.4, 0.5) is 4.79 Å². The van der Waals surface area contributed by atoms with Crippen LogP contribution in [-0.4, -0.2) is 57.2 Å². The first-order chi connectivity index (χ1) is 12.6. The summed E-state index contributed by atoms with van der Waals surface area (Å²) in [5.41, 5.74) is 1.19. The van der Waals surface area contributed by atoms with Crippen molar-refractivity contribution in [2.24, 2.45) is 4.99 Å². The third-order valence-corrected chi connectivity index (χ3v) is 3.22. The van der Waals surface area contributed by atoms with Gasteiger partial charge in [0.25, 0.3) is 0 Å². The number of rotatable bonds is 9. The number of benzene rings is 1. The summed E-state index contributed by atoms with van der Waals surface area (Å²) >= 11 is 0. The summed E-state index contributed by atoms with van der Waals surface area (Å²) in [5, 5.41) is 2.46. The van der Waals surface area contributed by atoms with E-state index in [0.29, 0.717) is 18.1 Å². The van der Waals surface area contributed by atoms with Gasteiger partial charge in [-0.15, -0.1) is 0 Å². The van der Waals surface area contributed by atoms with Crippen LogP contribution < -0.4 is 5.32 Å². The number of alkyl carbamates (subject to hydrolysis) is 1. The predicted molar refractivity (Wildman–Crippen MR) is 93.8 cm³/mol. The summed E-state index contributed by atoms with van der Waals surface area (Å²) in [6, 6.07) is 9.53.